The summed E-state index contributed by atoms with van der Waals surface area (Å²) >= 11 is 0. The molecule has 0 N–H and O–H groups in total. The molecule has 1 saturated carbocycles. The average molecular weight is 239 g/mol. The first-order chi connectivity index (χ1) is 8.47. The first-order valence-corrected chi connectivity index (χ1v) is 6.39. The lowest BCUT2D eigenvalue weighted by molar-refractivity contribution is 0.0953. The molecule has 1 aromatic heterocycles. The summed E-state index contributed by atoms with van der Waals surface area (Å²) in [6, 6.07) is 9.85. The first kappa shape index (κ1) is 11.4. The number of pyridine rings is 1. The van der Waals surface area contributed by atoms with Crippen LogP contribution >= 0.6 is 0 Å². The summed E-state index contributed by atoms with van der Waals surface area (Å²) in [5, 5.41) is 1.05. The molecule has 92 valence electrons. The Kier molecular flexibility index (Phi) is 2.31. The minimum Gasteiger partial charge on any atom is -0.294 e. The van der Waals surface area contributed by atoms with E-state index in [4.69, 9.17) is 0 Å². The molecule has 1 atom stereocenters. The number of rotatable bonds is 2. The standard InChI is InChI=1S/C16H17NO/c1-10-4-5-11-8-12(6-7-14(11)17-10)15(18)13-9-16(13,2)3/h4-8,13H,9H2,1-3H3. The fraction of sp³-hybridized carbons (Fsp3) is 0.375. The Morgan fingerprint density at radius 2 is 2.00 bits per heavy atom. The summed E-state index contributed by atoms with van der Waals surface area (Å²) in [7, 11) is 0. The number of aryl methyl sites for hydroxylation is 1. The van der Waals surface area contributed by atoms with Crippen LogP contribution in [-0.2, 0) is 0 Å². The Labute approximate surface area is 107 Å². The van der Waals surface area contributed by atoms with E-state index in [1.165, 1.54) is 0 Å². The molecule has 1 aliphatic carbocycles. The Morgan fingerprint density at radius 1 is 1.28 bits per heavy atom. The molecule has 0 radical (unpaired) electrons. The molecule has 1 aromatic carbocycles. The summed E-state index contributed by atoms with van der Waals surface area (Å²) in [4.78, 5) is 16.8. The third-order valence-corrected chi connectivity index (χ3v) is 3.94. The van der Waals surface area contributed by atoms with Crippen LogP contribution in [0.5, 0.6) is 0 Å². The third-order valence-electron chi connectivity index (χ3n) is 3.94. The maximum atomic E-state index is 12.3. The van der Waals surface area contributed by atoms with Gasteiger partial charge in [-0.25, -0.2) is 0 Å². The van der Waals surface area contributed by atoms with Gasteiger partial charge in [-0.05, 0) is 43.0 Å². The summed E-state index contributed by atoms with van der Waals surface area (Å²) in [5.74, 6) is 0.482. The van der Waals surface area contributed by atoms with Crippen molar-refractivity contribution in [2.45, 2.75) is 27.2 Å². The fourth-order valence-electron chi connectivity index (χ4n) is 2.50. The van der Waals surface area contributed by atoms with Crippen LogP contribution in [0.15, 0.2) is 30.3 Å². The van der Waals surface area contributed by atoms with E-state index in [-0.39, 0.29) is 17.1 Å². The number of hydrogen-bond acceptors (Lipinski definition) is 2. The molecule has 2 aromatic rings. The van der Waals surface area contributed by atoms with Gasteiger partial charge in [-0.3, -0.25) is 9.78 Å². The van der Waals surface area contributed by atoms with Crippen LogP contribution in [0.2, 0.25) is 0 Å². The van der Waals surface area contributed by atoms with Gasteiger partial charge >= 0.3 is 0 Å². The topological polar surface area (TPSA) is 30.0 Å². The Bertz CT molecular complexity index is 643. The third kappa shape index (κ3) is 1.82. The Hall–Kier alpha value is -1.70. The van der Waals surface area contributed by atoms with Crippen molar-refractivity contribution in [1.29, 1.82) is 0 Å². The van der Waals surface area contributed by atoms with Crippen LogP contribution < -0.4 is 0 Å². The summed E-state index contributed by atoms with van der Waals surface area (Å²) < 4.78 is 0. The van der Waals surface area contributed by atoms with E-state index >= 15 is 0 Å². The molecule has 0 amide bonds. The molecule has 3 rings (SSSR count). The summed E-state index contributed by atoms with van der Waals surface area (Å²) in [6.07, 6.45) is 1.01. The molecule has 0 saturated heterocycles. The maximum absolute atomic E-state index is 12.3. The lowest BCUT2D eigenvalue weighted by Crippen LogP contribution is -2.06. The number of benzene rings is 1. The number of ketones is 1. The molecule has 0 bridgehead atoms. The number of carbonyl (C=O) groups excluding carboxylic acids is 1. The van der Waals surface area contributed by atoms with Gasteiger partial charge in [0.25, 0.3) is 0 Å². The molecule has 1 heterocycles. The van der Waals surface area contributed by atoms with E-state index in [0.29, 0.717) is 0 Å². The van der Waals surface area contributed by atoms with Crippen molar-refractivity contribution in [3.8, 4) is 0 Å². The normalized spacial score (nSPS) is 20.9. The van der Waals surface area contributed by atoms with Gasteiger partial charge in [0.05, 0.1) is 5.52 Å². The maximum Gasteiger partial charge on any atom is 0.166 e. The van der Waals surface area contributed by atoms with Gasteiger partial charge in [0.1, 0.15) is 0 Å². The van der Waals surface area contributed by atoms with Gasteiger partial charge in [-0.2, -0.15) is 0 Å². The van der Waals surface area contributed by atoms with E-state index in [2.05, 4.69) is 18.8 Å². The van der Waals surface area contributed by atoms with Crippen LogP contribution in [0.4, 0.5) is 0 Å². The van der Waals surface area contributed by atoms with Crippen molar-refractivity contribution in [1.82, 2.24) is 4.98 Å². The highest BCUT2D eigenvalue weighted by atomic mass is 16.1. The Balaban J connectivity index is 1.99. The van der Waals surface area contributed by atoms with Crippen LogP contribution in [0.25, 0.3) is 10.9 Å². The van der Waals surface area contributed by atoms with E-state index < -0.39 is 0 Å². The minimum atomic E-state index is 0.192. The predicted octanol–water partition coefficient (Wildman–Crippen LogP) is 3.77. The molecule has 0 aliphatic heterocycles. The van der Waals surface area contributed by atoms with Crippen molar-refractivity contribution in [2.24, 2.45) is 11.3 Å². The van der Waals surface area contributed by atoms with Gasteiger partial charge in [-0.15, -0.1) is 0 Å². The molecule has 2 nitrogen and oxygen atoms in total. The highest BCUT2D eigenvalue weighted by Gasteiger charge is 2.50. The van der Waals surface area contributed by atoms with E-state index in [1.54, 1.807) is 0 Å². The van der Waals surface area contributed by atoms with Gasteiger partial charge in [0, 0.05) is 22.6 Å². The van der Waals surface area contributed by atoms with Gasteiger partial charge in [-0.1, -0.05) is 19.9 Å². The van der Waals surface area contributed by atoms with Crippen LogP contribution in [0, 0.1) is 18.3 Å². The molecule has 18 heavy (non-hydrogen) atoms. The Morgan fingerprint density at radius 3 is 2.67 bits per heavy atom. The second kappa shape index (κ2) is 3.64. The van der Waals surface area contributed by atoms with Gasteiger partial charge in [0.2, 0.25) is 0 Å². The van der Waals surface area contributed by atoms with Crippen LogP contribution in [0.1, 0.15) is 36.3 Å². The quantitative estimate of drug-likeness (QED) is 0.747. The SMILES string of the molecule is Cc1ccc2cc(C(=O)C3CC3(C)C)ccc2n1. The van der Waals surface area contributed by atoms with E-state index in [0.717, 1.165) is 28.6 Å². The number of nitrogens with zero attached hydrogens (tertiary/aromatic N) is 1. The molecular weight excluding hydrogens is 222 g/mol. The zero-order chi connectivity index (χ0) is 12.9. The van der Waals surface area contributed by atoms with Crippen molar-refractivity contribution in [3.05, 3.63) is 41.6 Å². The predicted molar refractivity (Wildman–Crippen MR) is 72.7 cm³/mol. The molecule has 0 spiro atoms. The van der Waals surface area contributed by atoms with Crippen molar-refractivity contribution in [2.75, 3.05) is 0 Å². The van der Waals surface area contributed by atoms with Crippen molar-refractivity contribution < 1.29 is 4.79 Å². The zero-order valence-electron chi connectivity index (χ0n) is 11.0. The first-order valence-electron chi connectivity index (χ1n) is 6.39. The summed E-state index contributed by atoms with van der Waals surface area (Å²) in [6.45, 7) is 6.29. The number of Topliss-reactive ketones (excluding diaryl/α,β-unsaturated/α-hetero) is 1. The minimum absolute atomic E-state index is 0.192. The lowest BCUT2D eigenvalue weighted by atomic mass is 10.00. The highest BCUT2D eigenvalue weighted by molar-refractivity contribution is 6.02. The molecule has 1 fully saturated rings. The molecule has 1 unspecified atom stereocenters. The van der Waals surface area contributed by atoms with E-state index in [1.807, 2.05) is 37.3 Å². The van der Waals surface area contributed by atoms with Crippen LogP contribution in [0.3, 0.4) is 0 Å². The monoisotopic (exact) mass is 239 g/mol. The van der Waals surface area contributed by atoms with Crippen LogP contribution in [-0.4, -0.2) is 10.8 Å². The lowest BCUT2D eigenvalue weighted by Gasteiger charge is -2.05. The average Bonchev–Trinajstić information content (AvgIpc) is 2.97. The summed E-state index contributed by atoms with van der Waals surface area (Å²) in [5.41, 5.74) is 2.98. The largest absolute Gasteiger partial charge is 0.294 e. The number of carbonyl (C=O) groups is 1. The van der Waals surface area contributed by atoms with Gasteiger partial charge in [0.15, 0.2) is 5.78 Å². The molecule has 2 heteroatoms. The fourth-order valence-corrected chi connectivity index (χ4v) is 2.50. The molecule has 1 aliphatic rings. The second-order valence-electron chi connectivity index (χ2n) is 5.97. The zero-order valence-corrected chi connectivity index (χ0v) is 11.0. The highest BCUT2D eigenvalue weighted by Crippen LogP contribution is 2.53. The van der Waals surface area contributed by atoms with Crippen molar-refractivity contribution >= 4 is 16.7 Å². The number of fused-ring (bicyclic) bond motifs is 1. The molecular formula is C16H17NO. The van der Waals surface area contributed by atoms with E-state index in [9.17, 15) is 4.79 Å². The number of aromatic nitrogens is 1. The smallest absolute Gasteiger partial charge is 0.166 e. The van der Waals surface area contributed by atoms with Crippen molar-refractivity contribution in [3.63, 3.8) is 0 Å². The number of hydrogen-bond donors (Lipinski definition) is 0. The van der Waals surface area contributed by atoms with Gasteiger partial charge < -0.3 is 0 Å². The second-order valence-corrected chi connectivity index (χ2v) is 5.97.